The van der Waals surface area contributed by atoms with Gasteiger partial charge in [-0.2, -0.15) is 4.89 Å². The average Bonchev–Trinajstić information content (AvgIpc) is 2.62. The van der Waals surface area contributed by atoms with Crippen LogP contribution in [0.1, 0.15) is 0 Å². The molecule has 0 aromatic carbocycles. The standard InChI is InChI=1S/C14H31O12P/c1-18-2-3-19-4-5-20-6-7-21-8-9-22-10-11-23-12-13-24-14-25-26-27(15,16)17/h2-14H2,1H3,(H2,15,16,17). The van der Waals surface area contributed by atoms with Gasteiger partial charge in [-0.25, -0.2) is 4.57 Å². The highest BCUT2D eigenvalue weighted by Crippen LogP contribution is 2.35. The Kier molecular flexibility index (Phi) is 20.4. The van der Waals surface area contributed by atoms with Crippen molar-refractivity contribution in [3.05, 3.63) is 0 Å². The molecule has 0 atom stereocenters. The Labute approximate surface area is 159 Å². The van der Waals surface area contributed by atoms with Crippen LogP contribution in [0.15, 0.2) is 0 Å². The average molecular weight is 422 g/mol. The fraction of sp³-hybridized carbons (Fsp3) is 1.00. The van der Waals surface area contributed by atoms with Gasteiger partial charge in [0.25, 0.3) is 0 Å². The van der Waals surface area contributed by atoms with E-state index in [2.05, 4.69) is 9.56 Å². The summed E-state index contributed by atoms with van der Waals surface area (Å²) in [6.45, 7) is 4.96. The molecule has 27 heavy (non-hydrogen) atoms. The van der Waals surface area contributed by atoms with Gasteiger partial charge in [-0.15, -0.1) is 4.67 Å². The maximum Gasteiger partial charge on any atom is 0.496 e. The maximum atomic E-state index is 10.3. The molecule has 0 radical (unpaired) electrons. The Bertz CT molecular complexity index is 340. The van der Waals surface area contributed by atoms with E-state index in [1.165, 1.54) is 0 Å². The molecule has 0 aliphatic rings. The van der Waals surface area contributed by atoms with Crippen molar-refractivity contribution >= 4 is 7.82 Å². The van der Waals surface area contributed by atoms with Crippen LogP contribution in [-0.4, -0.2) is 103 Å². The molecule has 0 aliphatic carbocycles. The van der Waals surface area contributed by atoms with Crippen LogP contribution >= 0.6 is 7.82 Å². The smallest absolute Gasteiger partial charge is 0.382 e. The Morgan fingerprint density at radius 2 is 0.926 bits per heavy atom. The van der Waals surface area contributed by atoms with Gasteiger partial charge in [0.05, 0.1) is 79.3 Å². The summed E-state index contributed by atoms with van der Waals surface area (Å²) >= 11 is 0. The van der Waals surface area contributed by atoms with Crippen LogP contribution in [0.25, 0.3) is 0 Å². The highest BCUT2D eigenvalue weighted by atomic mass is 31.2. The van der Waals surface area contributed by atoms with Gasteiger partial charge in [0.1, 0.15) is 0 Å². The molecular formula is C14H31O12P. The van der Waals surface area contributed by atoms with Gasteiger partial charge in [0.2, 0.25) is 0 Å². The van der Waals surface area contributed by atoms with Gasteiger partial charge >= 0.3 is 7.82 Å². The molecule has 0 bridgehead atoms. The van der Waals surface area contributed by atoms with Gasteiger partial charge in [0.15, 0.2) is 6.79 Å². The molecule has 12 nitrogen and oxygen atoms in total. The topological polar surface area (TPSA) is 141 Å². The molecule has 0 rings (SSSR count). The van der Waals surface area contributed by atoms with Crippen molar-refractivity contribution in [2.24, 2.45) is 0 Å². The summed E-state index contributed by atoms with van der Waals surface area (Å²) in [5.74, 6) is 0. The van der Waals surface area contributed by atoms with Gasteiger partial charge < -0.3 is 42.9 Å². The third kappa shape index (κ3) is 25.8. The normalized spacial score (nSPS) is 12.0. The molecule has 0 spiro atoms. The van der Waals surface area contributed by atoms with Gasteiger partial charge in [0, 0.05) is 7.11 Å². The molecule has 0 heterocycles. The molecule has 0 unspecified atom stereocenters. The number of hydrogen-bond donors (Lipinski definition) is 2. The second-order valence-corrected chi connectivity index (χ2v) is 5.89. The molecule has 164 valence electrons. The molecule has 0 saturated carbocycles. The first-order chi connectivity index (χ1) is 13.1. The van der Waals surface area contributed by atoms with E-state index in [1.807, 2.05) is 0 Å². The van der Waals surface area contributed by atoms with Gasteiger partial charge in [-0.1, -0.05) is 0 Å². The number of ether oxygens (including phenoxy) is 7. The summed E-state index contributed by atoms with van der Waals surface area (Å²) in [7, 11) is -3.01. The molecular weight excluding hydrogens is 391 g/mol. The van der Waals surface area contributed by atoms with E-state index in [4.69, 9.17) is 42.9 Å². The lowest BCUT2D eigenvalue weighted by atomic mass is 10.7. The van der Waals surface area contributed by atoms with Crippen LogP contribution in [-0.2, 0) is 47.3 Å². The molecule has 0 amide bonds. The zero-order valence-electron chi connectivity index (χ0n) is 15.6. The van der Waals surface area contributed by atoms with Crippen molar-refractivity contribution in [2.75, 3.05) is 93.2 Å². The fourth-order valence-corrected chi connectivity index (χ4v) is 1.61. The first kappa shape index (κ1) is 26.8. The van der Waals surface area contributed by atoms with E-state index < -0.39 is 14.6 Å². The highest BCUT2D eigenvalue weighted by molar-refractivity contribution is 7.46. The third-order valence-electron chi connectivity index (χ3n) is 2.57. The second kappa shape index (κ2) is 20.5. The van der Waals surface area contributed by atoms with E-state index in [0.717, 1.165) is 0 Å². The third-order valence-corrected chi connectivity index (χ3v) is 2.87. The quantitative estimate of drug-likeness (QED) is 0.0780. The Morgan fingerprint density at radius 1 is 0.593 bits per heavy atom. The van der Waals surface area contributed by atoms with Gasteiger partial charge in [-0.3, -0.25) is 0 Å². The molecule has 0 aliphatic heterocycles. The number of rotatable bonds is 22. The monoisotopic (exact) mass is 422 g/mol. The summed E-state index contributed by atoms with van der Waals surface area (Å²) in [6, 6.07) is 0. The Balaban J connectivity index is 3.02. The summed E-state index contributed by atoms with van der Waals surface area (Å²) in [4.78, 5) is 20.8. The molecule has 0 aromatic heterocycles. The summed E-state index contributed by atoms with van der Waals surface area (Å²) in [5.41, 5.74) is 0. The van der Waals surface area contributed by atoms with Crippen LogP contribution in [0.5, 0.6) is 0 Å². The van der Waals surface area contributed by atoms with Crippen LogP contribution in [0.3, 0.4) is 0 Å². The minimum absolute atomic E-state index is 0.186. The largest absolute Gasteiger partial charge is 0.496 e. The Morgan fingerprint density at radius 3 is 1.26 bits per heavy atom. The van der Waals surface area contributed by atoms with Crippen molar-refractivity contribution in [3.63, 3.8) is 0 Å². The zero-order valence-corrected chi connectivity index (χ0v) is 16.5. The Hall–Kier alpha value is -0.210. The summed E-state index contributed by atoms with van der Waals surface area (Å²) in [6.07, 6.45) is 0. The van der Waals surface area contributed by atoms with E-state index in [1.54, 1.807) is 7.11 Å². The number of methoxy groups -OCH3 is 1. The van der Waals surface area contributed by atoms with E-state index >= 15 is 0 Å². The van der Waals surface area contributed by atoms with Gasteiger partial charge in [-0.05, 0) is 0 Å². The van der Waals surface area contributed by atoms with Crippen LogP contribution in [0.2, 0.25) is 0 Å². The summed E-state index contributed by atoms with van der Waals surface area (Å²) in [5, 5.41) is 0. The SMILES string of the molecule is COCCOCCOCCOCCOCCOCCOCOOP(=O)(O)O. The maximum absolute atomic E-state index is 10.3. The first-order valence-electron chi connectivity index (χ1n) is 8.38. The number of phosphoric acid groups is 1. The minimum atomic E-state index is -4.64. The fourth-order valence-electron chi connectivity index (χ4n) is 1.42. The van der Waals surface area contributed by atoms with Crippen molar-refractivity contribution in [2.45, 2.75) is 0 Å². The van der Waals surface area contributed by atoms with Crippen molar-refractivity contribution in [1.29, 1.82) is 0 Å². The lowest BCUT2D eigenvalue weighted by Crippen LogP contribution is -2.14. The van der Waals surface area contributed by atoms with Crippen LogP contribution in [0.4, 0.5) is 0 Å². The molecule has 13 heteroatoms. The van der Waals surface area contributed by atoms with Crippen LogP contribution in [0, 0.1) is 0 Å². The lowest BCUT2D eigenvalue weighted by molar-refractivity contribution is -0.278. The van der Waals surface area contributed by atoms with Crippen molar-refractivity contribution in [1.82, 2.24) is 0 Å². The first-order valence-corrected chi connectivity index (χ1v) is 9.91. The van der Waals surface area contributed by atoms with E-state index in [-0.39, 0.29) is 13.2 Å². The minimum Gasteiger partial charge on any atom is -0.382 e. The summed E-state index contributed by atoms with van der Waals surface area (Å²) < 4.78 is 50.1. The van der Waals surface area contributed by atoms with Crippen molar-refractivity contribution < 1.29 is 57.1 Å². The second-order valence-electron chi connectivity index (χ2n) is 4.76. The molecule has 0 saturated heterocycles. The van der Waals surface area contributed by atoms with Crippen molar-refractivity contribution in [3.8, 4) is 0 Å². The molecule has 0 aromatic rings. The predicted molar refractivity (Wildman–Crippen MR) is 91.0 cm³/mol. The number of hydrogen-bond acceptors (Lipinski definition) is 10. The zero-order chi connectivity index (χ0) is 20.1. The lowest BCUT2D eigenvalue weighted by Gasteiger charge is -2.08. The highest BCUT2D eigenvalue weighted by Gasteiger charge is 2.14. The van der Waals surface area contributed by atoms with Crippen LogP contribution < -0.4 is 0 Å². The van der Waals surface area contributed by atoms with E-state index in [9.17, 15) is 4.57 Å². The predicted octanol–water partition coefficient (Wildman–Crippen LogP) is -0.269. The molecule has 2 N–H and O–H groups in total. The molecule has 0 fully saturated rings. The van der Waals surface area contributed by atoms with E-state index in [0.29, 0.717) is 66.1 Å².